The Balaban J connectivity index is 1.96. The van der Waals surface area contributed by atoms with Crippen molar-refractivity contribution < 1.29 is 4.79 Å². The van der Waals surface area contributed by atoms with Crippen LogP contribution in [0.15, 0.2) is 54.9 Å². The number of pyridine rings is 1. The van der Waals surface area contributed by atoms with E-state index in [0.29, 0.717) is 10.6 Å². The average Bonchev–Trinajstić information content (AvgIpc) is 2.83. The van der Waals surface area contributed by atoms with E-state index in [0.717, 1.165) is 22.8 Å². The number of aromatic nitrogens is 2. The number of rotatable bonds is 3. The summed E-state index contributed by atoms with van der Waals surface area (Å²) in [7, 11) is 0. The van der Waals surface area contributed by atoms with E-state index < -0.39 is 0 Å². The number of aryl methyl sites for hydroxylation is 1. The minimum atomic E-state index is -0.141. The molecule has 3 rings (SSSR count). The molecular formula is C18H16ClN3O. The van der Waals surface area contributed by atoms with Crippen molar-refractivity contribution in [3.8, 4) is 5.69 Å². The second-order valence-corrected chi connectivity index (χ2v) is 5.73. The van der Waals surface area contributed by atoms with Crippen molar-refractivity contribution in [2.75, 3.05) is 5.32 Å². The molecule has 1 aromatic carbocycles. The number of carbonyl (C=O) groups excluding carboxylic acids is 1. The Labute approximate surface area is 139 Å². The molecule has 0 bridgehead atoms. The molecule has 0 aliphatic rings. The first-order valence-electron chi connectivity index (χ1n) is 7.22. The molecule has 0 atom stereocenters. The number of halogens is 1. The Bertz CT molecular complexity index is 856. The Morgan fingerprint density at radius 2 is 1.87 bits per heavy atom. The molecule has 1 N–H and O–H groups in total. The molecule has 0 unspecified atom stereocenters. The lowest BCUT2D eigenvalue weighted by atomic mass is 10.2. The molecular weight excluding hydrogens is 310 g/mol. The number of benzene rings is 1. The van der Waals surface area contributed by atoms with Gasteiger partial charge in [0.1, 0.15) is 0 Å². The van der Waals surface area contributed by atoms with E-state index in [1.165, 1.54) is 0 Å². The summed E-state index contributed by atoms with van der Waals surface area (Å²) in [6.45, 7) is 3.90. The quantitative estimate of drug-likeness (QED) is 0.776. The van der Waals surface area contributed by atoms with Gasteiger partial charge in [-0.2, -0.15) is 0 Å². The van der Waals surface area contributed by atoms with Crippen LogP contribution in [0, 0.1) is 13.8 Å². The Kier molecular flexibility index (Phi) is 4.17. The van der Waals surface area contributed by atoms with Crippen molar-refractivity contribution in [2.45, 2.75) is 13.8 Å². The predicted molar refractivity (Wildman–Crippen MR) is 92.4 cm³/mol. The molecule has 116 valence electrons. The molecule has 0 aliphatic carbocycles. The second kappa shape index (κ2) is 6.26. The van der Waals surface area contributed by atoms with Crippen molar-refractivity contribution in [1.82, 2.24) is 9.55 Å². The normalized spacial score (nSPS) is 10.6. The standard InChI is InChI=1S/C18H16ClN3O/c1-12-10-17(18(23)21-15-6-8-20-9-7-15)13(2)22(12)16-5-3-4-14(19)11-16/h3-11H,1-2H3,(H,20,21,23). The number of hydrogen-bond donors (Lipinski definition) is 1. The van der Waals surface area contributed by atoms with E-state index in [1.807, 2.05) is 48.7 Å². The van der Waals surface area contributed by atoms with Gasteiger partial charge in [-0.05, 0) is 50.2 Å². The highest BCUT2D eigenvalue weighted by atomic mass is 35.5. The number of hydrogen-bond acceptors (Lipinski definition) is 2. The fourth-order valence-electron chi connectivity index (χ4n) is 2.64. The SMILES string of the molecule is Cc1cc(C(=O)Nc2ccncc2)c(C)n1-c1cccc(Cl)c1. The third kappa shape index (κ3) is 3.12. The lowest BCUT2D eigenvalue weighted by Gasteiger charge is -2.10. The smallest absolute Gasteiger partial charge is 0.257 e. The largest absolute Gasteiger partial charge is 0.322 e. The maximum atomic E-state index is 12.5. The summed E-state index contributed by atoms with van der Waals surface area (Å²) in [6.07, 6.45) is 3.29. The van der Waals surface area contributed by atoms with Crippen LogP contribution in [0.1, 0.15) is 21.7 Å². The van der Waals surface area contributed by atoms with Crippen molar-refractivity contribution >= 4 is 23.2 Å². The summed E-state index contributed by atoms with van der Waals surface area (Å²) in [4.78, 5) is 16.5. The van der Waals surface area contributed by atoms with Crippen LogP contribution in [-0.4, -0.2) is 15.5 Å². The van der Waals surface area contributed by atoms with Crippen molar-refractivity contribution in [3.63, 3.8) is 0 Å². The third-order valence-electron chi connectivity index (χ3n) is 3.68. The molecule has 4 nitrogen and oxygen atoms in total. The van der Waals surface area contributed by atoms with Crippen molar-refractivity contribution in [1.29, 1.82) is 0 Å². The molecule has 2 aromatic heterocycles. The molecule has 2 heterocycles. The highest BCUT2D eigenvalue weighted by molar-refractivity contribution is 6.30. The Hall–Kier alpha value is -2.59. The summed E-state index contributed by atoms with van der Waals surface area (Å²) in [5.74, 6) is -0.141. The van der Waals surface area contributed by atoms with Crippen LogP contribution in [0.5, 0.6) is 0 Å². The van der Waals surface area contributed by atoms with E-state index in [-0.39, 0.29) is 5.91 Å². The molecule has 0 spiro atoms. The number of nitrogens with zero attached hydrogens (tertiary/aromatic N) is 2. The van der Waals surface area contributed by atoms with Crippen molar-refractivity contribution in [3.05, 3.63) is 76.8 Å². The summed E-state index contributed by atoms with van der Waals surface area (Å²) >= 11 is 6.08. The van der Waals surface area contributed by atoms with Crippen LogP contribution in [0.2, 0.25) is 5.02 Å². The highest BCUT2D eigenvalue weighted by Crippen LogP contribution is 2.23. The van der Waals surface area contributed by atoms with E-state index in [2.05, 4.69) is 10.3 Å². The Morgan fingerprint density at radius 1 is 1.13 bits per heavy atom. The fraction of sp³-hybridized carbons (Fsp3) is 0.111. The van der Waals surface area contributed by atoms with Gasteiger partial charge in [0.25, 0.3) is 5.91 Å². The van der Waals surface area contributed by atoms with Crippen LogP contribution in [-0.2, 0) is 0 Å². The van der Waals surface area contributed by atoms with Gasteiger partial charge in [0.05, 0.1) is 5.56 Å². The highest BCUT2D eigenvalue weighted by Gasteiger charge is 2.17. The molecule has 23 heavy (non-hydrogen) atoms. The minimum absolute atomic E-state index is 0.141. The Morgan fingerprint density at radius 3 is 2.57 bits per heavy atom. The molecule has 0 radical (unpaired) electrons. The summed E-state index contributed by atoms with van der Waals surface area (Å²) in [6, 6.07) is 13.0. The average molecular weight is 326 g/mol. The predicted octanol–water partition coefficient (Wildman–Crippen LogP) is 4.39. The first-order valence-corrected chi connectivity index (χ1v) is 7.60. The molecule has 3 aromatic rings. The van der Waals surface area contributed by atoms with Gasteiger partial charge in [0.2, 0.25) is 0 Å². The van der Waals surface area contributed by atoms with Gasteiger partial charge in [-0.25, -0.2) is 0 Å². The minimum Gasteiger partial charge on any atom is -0.322 e. The molecule has 1 amide bonds. The van der Waals surface area contributed by atoms with Crippen LogP contribution in [0.4, 0.5) is 5.69 Å². The maximum absolute atomic E-state index is 12.5. The van der Waals surface area contributed by atoms with Gasteiger partial charge in [0.15, 0.2) is 0 Å². The fourth-order valence-corrected chi connectivity index (χ4v) is 2.82. The molecule has 0 saturated carbocycles. The number of nitrogens with one attached hydrogen (secondary N) is 1. The summed E-state index contributed by atoms with van der Waals surface area (Å²) < 4.78 is 2.02. The van der Waals surface area contributed by atoms with Crippen LogP contribution in [0.3, 0.4) is 0 Å². The van der Waals surface area contributed by atoms with Crippen LogP contribution < -0.4 is 5.32 Å². The van der Waals surface area contributed by atoms with Gasteiger partial charge in [0, 0.05) is 40.2 Å². The first kappa shape index (κ1) is 15.3. The topological polar surface area (TPSA) is 46.9 Å². The van der Waals surface area contributed by atoms with E-state index in [1.54, 1.807) is 24.5 Å². The van der Waals surface area contributed by atoms with Crippen LogP contribution >= 0.6 is 11.6 Å². The zero-order valence-electron chi connectivity index (χ0n) is 12.9. The van der Waals surface area contributed by atoms with E-state index >= 15 is 0 Å². The van der Waals surface area contributed by atoms with E-state index in [4.69, 9.17) is 11.6 Å². The summed E-state index contributed by atoms with van der Waals surface area (Å²) in [5, 5.41) is 3.55. The zero-order valence-corrected chi connectivity index (χ0v) is 13.6. The third-order valence-corrected chi connectivity index (χ3v) is 3.92. The molecule has 0 saturated heterocycles. The van der Waals surface area contributed by atoms with Gasteiger partial charge in [-0.1, -0.05) is 17.7 Å². The van der Waals surface area contributed by atoms with E-state index in [9.17, 15) is 4.79 Å². The maximum Gasteiger partial charge on any atom is 0.257 e. The second-order valence-electron chi connectivity index (χ2n) is 5.29. The molecule has 0 fully saturated rings. The number of carbonyl (C=O) groups is 1. The molecule has 5 heteroatoms. The lowest BCUT2D eigenvalue weighted by molar-refractivity contribution is 0.102. The van der Waals surface area contributed by atoms with Gasteiger partial charge in [-0.15, -0.1) is 0 Å². The lowest BCUT2D eigenvalue weighted by Crippen LogP contribution is -2.13. The zero-order chi connectivity index (χ0) is 16.4. The van der Waals surface area contributed by atoms with Crippen LogP contribution in [0.25, 0.3) is 5.69 Å². The summed E-state index contributed by atoms with van der Waals surface area (Å²) in [5.41, 5.74) is 4.15. The van der Waals surface area contributed by atoms with Crippen molar-refractivity contribution in [2.24, 2.45) is 0 Å². The number of amides is 1. The number of anilines is 1. The van der Waals surface area contributed by atoms with Gasteiger partial charge in [-0.3, -0.25) is 9.78 Å². The van der Waals surface area contributed by atoms with Gasteiger partial charge >= 0.3 is 0 Å². The first-order chi connectivity index (χ1) is 11.1. The molecule has 0 aliphatic heterocycles. The monoisotopic (exact) mass is 325 g/mol. The van der Waals surface area contributed by atoms with Gasteiger partial charge < -0.3 is 9.88 Å².